The van der Waals surface area contributed by atoms with Gasteiger partial charge >= 0.3 is 17.9 Å². The normalized spacial score (nSPS) is 11.9. The summed E-state index contributed by atoms with van der Waals surface area (Å²) in [6.07, 6.45) is 43.8. The summed E-state index contributed by atoms with van der Waals surface area (Å²) in [4.78, 5) is 37.7. The number of hydrogen-bond donors (Lipinski definition) is 0. The molecule has 326 valence electrons. The van der Waals surface area contributed by atoms with Gasteiger partial charge in [0.15, 0.2) is 6.10 Å². The van der Waals surface area contributed by atoms with Crippen LogP contribution in [0.25, 0.3) is 0 Å². The van der Waals surface area contributed by atoms with E-state index in [2.05, 4.69) is 27.7 Å². The Morgan fingerprint density at radius 1 is 0.345 bits per heavy atom. The molecule has 0 aliphatic heterocycles. The average Bonchev–Trinajstić information content (AvgIpc) is 3.17. The van der Waals surface area contributed by atoms with Crippen LogP contribution >= 0.6 is 0 Å². The molecule has 0 spiro atoms. The van der Waals surface area contributed by atoms with Crippen LogP contribution in [0.15, 0.2) is 0 Å². The summed E-state index contributed by atoms with van der Waals surface area (Å²) in [6, 6.07) is 0. The predicted octanol–water partition coefficient (Wildman–Crippen LogP) is 15.5. The molecule has 0 heterocycles. The molecule has 55 heavy (non-hydrogen) atoms. The van der Waals surface area contributed by atoms with Crippen molar-refractivity contribution in [1.82, 2.24) is 0 Å². The molecule has 0 unspecified atom stereocenters. The number of unbranched alkanes of at least 4 members (excludes halogenated alkanes) is 31. The average molecular weight is 779 g/mol. The second kappa shape index (κ2) is 43.5. The van der Waals surface area contributed by atoms with Crippen LogP contribution in [0.1, 0.15) is 272 Å². The molecule has 6 heteroatoms. The molecule has 0 radical (unpaired) electrons. The third-order valence-electron chi connectivity index (χ3n) is 11.0. The molecule has 0 bridgehead atoms. The van der Waals surface area contributed by atoms with E-state index in [0.717, 1.165) is 63.7 Å². The van der Waals surface area contributed by atoms with Gasteiger partial charge in [-0.2, -0.15) is 0 Å². The first-order chi connectivity index (χ1) is 26.9. The van der Waals surface area contributed by atoms with Crippen molar-refractivity contribution in [2.24, 2.45) is 5.92 Å². The van der Waals surface area contributed by atoms with Crippen LogP contribution in [0.4, 0.5) is 0 Å². The van der Waals surface area contributed by atoms with Gasteiger partial charge in [0.05, 0.1) is 0 Å². The fourth-order valence-electron chi connectivity index (χ4n) is 7.33. The first-order valence-corrected chi connectivity index (χ1v) is 24.4. The SMILES string of the molecule is CCCCCCCCCCCCCCCC(=O)O[C@H](COC(=O)CCCCCCCCC)COC(=O)CCCCCCCCCCCCCCCCC(C)C. The number of rotatable bonds is 44. The van der Waals surface area contributed by atoms with E-state index in [1.165, 1.54) is 167 Å². The summed E-state index contributed by atoms with van der Waals surface area (Å²) in [5.74, 6) is -0.0102. The quantitative estimate of drug-likeness (QED) is 0.0348. The van der Waals surface area contributed by atoms with E-state index in [-0.39, 0.29) is 31.1 Å². The summed E-state index contributed by atoms with van der Waals surface area (Å²) in [5, 5.41) is 0. The Labute approximate surface area is 342 Å². The molecule has 0 aliphatic carbocycles. The molecule has 0 N–H and O–H groups in total. The van der Waals surface area contributed by atoms with Gasteiger partial charge < -0.3 is 14.2 Å². The van der Waals surface area contributed by atoms with E-state index >= 15 is 0 Å². The van der Waals surface area contributed by atoms with Crippen molar-refractivity contribution in [3.8, 4) is 0 Å². The molecule has 0 aromatic carbocycles. The van der Waals surface area contributed by atoms with Crippen molar-refractivity contribution in [2.75, 3.05) is 13.2 Å². The molecule has 0 saturated heterocycles. The zero-order chi connectivity index (χ0) is 40.3. The van der Waals surface area contributed by atoms with Crippen molar-refractivity contribution in [2.45, 2.75) is 278 Å². The van der Waals surface area contributed by atoms with Gasteiger partial charge in [-0.15, -0.1) is 0 Å². The van der Waals surface area contributed by atoms with E-state index in [1.807, 2.05) is 0 Å². The highest BCUT2D eigenvalue weighted by Gasteiger charge is 2.19. The minimum Gasteiger partial charge on any atom is -0.462 e. The lowest BCUT2D eigenvalue weighted by molar-refractivity contribution is -0.167. The Morgan fingerprint density at radius 2 is 0.600 bits per heavy atom. The van der Waals surface area contributed by atoms with Crippen LogP contribution in [-0.4, -0.2) is 37.2 Å². The highest BCUT2D eigenvalue weighted by Crippen LogP contribution is 2.17. The number of esters is 3. The molecule has 0 aromatic rings. The standard InChI is InChI=1S/C49H94O6/c1-5-7-9-11-13-14-15-18-23-26-30-34-38-42-49(52)55-46(43-53-47(50)40-36-32-27-12-10-8-6-2)44-54-48(51)41-37-33-29-25-22-20-17-16-19-21-24-28-31-35-39-45(3)4/h45-46H,5-44H2,1-4H3/t46-/m1/s1. The number of hydrogen-bond acceptors (Lipinski definition) is 6. The lowest BCUT2D eigenvalue weighted by Crippen LogP contribution is -2.30. The van der Waals surface area contributed by atoms with Crippen molar-refractivity contribution >= 4 is 17.9 Å². The minimum atomic E-state index is -0.758. The molecule has 0 aromatic heterocycles. The first-order valence-electron chi connectivity index (χ1n) is 24.4. The Bertz CT molecular complexity index is 826. The van der Waals surface area contributed by atoms with Crippen molar-refractivity contribution in [1.29, 1.82) is 0 Å². The molecular weight excluding hydrogens is 685 g/mol. The number of carbonyl (C=O) groups excluding carboxylic acids is 3. The molecule has 6 nitrogen and oxygen atoms in total. The third-order valence-corrected chi connectivity index (χ3v) is 11.0. The smallest absolute Gasteiger partial charge is 0.306 e. The van der Waals surface area contributed by atoms with Crippen LogP contribution in [0.3, 0.4) is 0 Å². The summed E-state index contributed by atoms with van der Waals surface area (Å²) < 4.78 is 16.7. The topological polar surface area (TPSA) is 78.9 Å². The highest BCUT2D eigenvalue weighted by molar-refractivity contribution is 5.71. The predicted molar refractivity (Wildman–Crippen MR) is 233 cm³/mol. The van der Waals surface area contributed by atoms with Crippen LogP contribution < -0.4 is 0 Å². The maximum absolute atomic E-state index is 12.7. The largest absolute Gasteiger partial charge is 0.462 e. The van der Waals surface area contributed by atoms with Gasteiger partial charge in [0.1, 0.15) is 13.2 Å². The summed E-state index contributed by atoms with van der Waals surface area (Å²) in [7, 11) is 0. The van der Waals surface area contributed by atoms with Gasteiger partial charge in [-0.1, -0.05) is 233 Å². The van der Waals surface area contributed by atoms with Gasteiger partial charge in [0.2, 0.25) is 0 Å². The Hall–Kier alpha value is -1.59. The van der Waals surface area contributed by atoms with Gasteiger partial charge in [-0.3, -0.25) is 14.4 Å². The van der Waals surface area contributed by atoms with Crippen LogP contribution in [0.5, 0.6) is 0 Å². The summed E-state index contributed by atoms with van der Waals surface area (Å²) in [6.45, 7) is 8.98. The second-order valence-electron chi connectivity index (χ2n) is 17.2. The van der Waals surface area contributed by atoms with Crippen LogP contribution in [0.2, 0.25) is 0 Å². The van der Waals surface area contributed by atoms with Crippen molar-refractivity contribution < 1.29 is 28.6 Å². The van der Waals surface area contributed by atoms with Gasteiger partial charge in [0.25, 0.3) is 0 Å². The monoisotopic (exact) mass is 779 g/mol. The first kappa shape index (κ1) is 53.4. The number of ether oxygens (including phenoxy) is 3. The highest BCUT2D eigenvalue weighted by atomic mass is 16.6. The van der Waals surface area contributed by atoms with Crippen LogP contribution in [0, 0.1) is 5.92 Å². The van der Waals surface area contributed by atoms with E-state index < -0.39 is 6.10 Å². The van der Waals surface area contributed by atoms with Crippen molar-refractivity contribution in [3.63, 3.8) is 0 Å². The zero-order valence-electron chi connectivity index (χ0n) is 37.4. The van der Waals surface area contributed by atoms with Gasteiger partial charge in [0, 0.05) is 19.3 Å². The second-order valence-corrected chi connectivity index (χ2v) is 17.2. The molecule has 1 atom stereocenters. The fourth-order valence-corrected chi connectivity index (χ4v) is 7.33. The fraction of sp³-hybridized carbons (Fsp3) is 0.939. The third kappa shape index (κ3) is 43.4. The van der Waals surface area contributed by atoms with E-state index in [0.29, 0.717) is 19.3 Å². The Kier molecular flexibility index (Phi) is 42.3. The maximum atomic E-state index is 12.7. The maximum Gasteiger partial charge on any atom is 0.306 e. The molecule has 0 rings (SSSR count). The molecule has 0 aliphatic rings. The van der Waals surface area contributed by atoms with E-state index in [1.54, 1.807) is 0 Å². The zero-order valence-corrected chi connectivity index (χ0v) is 37.4. The summed E-state index contributed by atoms with van der Waals surface area (Å²) in [5.41, 5.74) is 0. The molecular formula is C49H94O6. The Morgan fingerprint density at radius 3 is 0.891 bits per heavy atom. The minimum absolute atomic E-state index is 0.0635. The van der Waals surface area contributed by atoms with E-state index in [9.17, 15) is 14.4 Å². The van der Waals surface area contributed by atoms with Gasteiger partial charge in [-0.05, 0) is 25.2 Å². The molecule has 0 saturated carbocycles. The Balaban J connectivity index is 4.21. The molecule has 0 amide bonds. The van der Waals surface area contributed by atoms with E-state index in [4.69, 9.17) is 14.2 Å². The molecule has 0 fully saturated rings. The van der Waals surface area contributed by atoms with Crippen LogP contribution in [-0.2, 0) is 28.6 Å². The van der Waals surface area contributed by atoms with Gasteiger partial charge in [-0.25, -0.2) is 0 Å². The number of carbonyl (C=O) groups is 3. The van der Waals surface area contributed by atoms with Crippen molar-refractivity contribution in [3.05, 3.63) is 0 Å². The summed E-state index contributed by atoms with van der Waals surface area (Å²) >= 11 is 0. The lowest BCUT2D eigenvalue weighted by atomic mass is 10.0. The lowest BCUT2D eigenvalue weighted by Gasteiger charge is -2.18.